The average Bonchev–Trinajstić information content (AvgIpc) is 3.07. The second-order valence-electron chi connectivity index (χ2n) is 6.17. The summed E-state index contributed by atoms with van der Waals surface area (Å²) in [5, 5.41) is 2.22. The lowest BCUT2D eigenvalue weighted by Crippen LogP contribution is -2.26. The van der Waals surface area contributed by atoms with E-state index in [1.54, 1.807) is 0 Å². The van der Waals surface area contributed by atoms with Gasteiger partial charge < -0.3 is 5.32 Å². The van der Waals surface area contributed by atoms with Gasteiger partial charge in [0.25, 0.3) is 0 Å². The summed E-state index contributed by atoms with van der Waals surface area (Å²) in [5.74, 6) is -0.691. The molecule has 3 unspecified atom stereocenters. The highest BCUT2D eigenvalue weighted by atomic mass is 19.4. The van der Waals surface area contributed by atoms with Crippen LogP contribution >= 0.6 is 0 Å². The number of nitrogens with one attached hydrogen (secondary N) is 1. The smallest absolute Gasteiger partial charge is 0.326 e. The van der Waals surface area contributed by atoms with Crippen molar-refractivity contribution < 1.29 is 31.1 Å². The molecule has 3 rings (SSSR count). The van der Waals surface area contributed by atoms with E-state index in [2.05, 4.69) is 5.32 Å². The molecular formula is C16H13F6NO. The second-order valence-corrected chi connectivity index (χ2v) is 6.17. The molecule has 2 bridgehead atoms. The fraction of sp³-hybridized carbons (Fsp3) is 0.438. The topological polar surface area (TPSA) is 29.1 Å². The van der Waals surface area contributed by atoms with Crippen LogP contribution in [0.5, 0.6) is 0 Å². The quantitative estimate of drug-likeness (QED) is 0.599. The van der Waals surface area contributed by atoms with E-state index in [-0.39, 0.29) is 17.9 Å². The van der Waals surface area contributed by atoms with E-state index < -0.39 is 41.0 Å². The summed E-state index contributed by atoms with van der Waals surface area (Å²) in [7, 11) is 0. The van der Waals surface area contributed by atoms with Gasteiger partial charge in [0, 0.05) is 11.6 Å². The third-order valence-corrected chi connectivity index (χ3v) is 4.47. The summed E-state index contributed by atoms with van der Waals surface area (Å²) >= 11 is 0. The summed E-state index contributed by atoms with van der Waals surface area (Å²) in [6, 6.07) is 1.09. The van der Waals surface area contributed by atoms with Crippen LogP contribution in [-0.4, -0.2) is 5.91 Å². The van der Waals surface area contributed by atoms with Crippen molar-refractivity contribution in [2.24, 2.45) is 17.8 Å². The Morgan fingerprint density at radius 3 is 1.92 bits per heavy atom. The number of carbonyl (C=O) groups excluding carboxylic acids is 1. The summed E-state index contributed by atoms with van der Waals surface area (Å²) in [5.41, 5.74) is -3.38. The zero-order chi connectivity index (χ0) is 17.7. The lowest BCUT2D eigenvalue weighted by Gasteiger charge is -2.19. The first-order valence-corrected chi connectivity index (χ1v) is 7.33. The molecule has 2 aliphatic rings. The number of carbonyl (C=O) groups is 1. The fourth-order valence-electron chi connectivity index (χ4n) is 3.34. The van der Waals surface area contributed by atoms with Crippen molar-refractivity contribution in [1.82, 2.24) is 0 Å². The molecule has 3 atom stereocenters. The molecule has 0 spiro atoms. The summed E-state index contributed by atoms with van der Waals surface area (Å²) in [4.78, 5) is 12.2. The molecule has 1 amide bonds. The lowest BCUT2D eigenvalue weighted by molar-refractivity contribution is -0.143. The van der Waals surface area contributed by atoms with Crippen LogP contribution in [0.1, 0.15) is 24.0 Å². The number of halogens is 6. The maximum absolute atomic E-state index is 12.8. The van der Waals surface area contributed by atoms with Crippen LogP contribution in [0.4, 0.5) is 32.0 Å². The lowest BCUT2D eigenvalue weighted by atomic mass is 9.92. The van der Waals surface area contributed by atoms with Crippen molar-refractivity contribution in [3.8, 4) is 0 Å². The molecule has 1 N–H and O–H groups in total. The van der Waals surface area contributed by atoms with Crippen LogP contribution in [0.2, 0.25) is 0 Å². The van der Waals surface area contributed by atoms with Gasteiger partial charge in [-0.3, -0.25) is 4.79 Å². The molecular weight excluding hydrogens is 336 g/mol. The number of anilines is 1. The van der Waals surface area contributed by atoms with Crippen molar-refractivity contribution in [2.75, 3.05) is 5.32 Å². The van der Waals surface area contributed by atoms with Gasteiger partial charge in [-0.25, -0.2) is 0 Å². The molecule has 0 saturated heterocycles. The number of allylic oxidation sites excluding steroid dienone is 2. The first-order valence-electron chi connectivity index (χ1n) is 7.33. The molecule has 1 fully saturated rings. The highest BCUT2D eigenvalue weighted by Gasteiger charge is 2.41. The first kappa shape index (κ1) is 16.9. The molecule has 2 nitrogen and oxygen atoms in total. The molecule has 8 heteroatoms. The highest BCUT2D eigenvalue weighted by Crippen LogP contribution is 2.44. The minimum absolute atomic E-state index is 0.00267. The second kappa shape index (κ2) is 5.53. The zero-order valence-corrected chi connectivity index (χ0v) is 12.2. The highest BCUT2D eigenvalue weighted by molar-refractivity contribution is 5.93. The molecule has 24 heavy (non-hydrogen) atoms. The van der Waals surface area contributed by atoms with Gasteiger partial charge in [0.05, 0.1) is 11.1 Å². The third kappa shape index (κ3) is 3.27. The summed E-state index contributed by atoms with van der Waals surface area (Å²) in [6.45, 7) is 0. The number of alkyl halides is 6. The van der Waals surface area contributed by atoms with Crippen LogP contribution in [0, 0.1) is 17.8 Å². The van der Waals surface area contributed by atoms with Gasteiger partial charge in [-0.15, -0.1) is 0 Å². The standard InChI is InChI=1S/C16H13F6NO/c17-15(18,19)10-5-11(16(20,21)22)7-12(6-10)23-14(24)13-4-8-1-2-9(13)3-8/h1-2,5-9,13H,3-4H2,(H,23,24). The maximum Gasteiger partial charge on any atom is 0.416 e. The molecule has 1 aromatic rings. The molecule has 0 radical (unpaired) electrons. The molecule has 1 aromatic carbocycles. The van der Waals surface area contributed by atoms with Gasteiger partial charge in [-0.05, 0) is 42.9 Å². The Morgan fingerprint density at radius 2 is 1.50 bits per heavy atom. The van der Waals surface area contributed by atoms with E-state index in [1.807, 2.05) is 12.2 Å². The van der Waals surface area contributed by atoms with Gasteiger partial charge in [-0.1, -0.05) is 12.2 Å². The first-order chi connectivity index (χ1) is 11.0. The van der Waals surface area contributed by atoms with Crippen molar-refractivity contribution in [3.05, 3.63) is 41.5 Å². The molecule has 0 heterocycles. The van der Waals surface area contributed by atoms with Crippen molar-refractivity contribution in [2.45, 2.75) is 25.2 Å². The molecule has 2 aliphatic carbocycles. The number of rotatable bonds is 2. The fourth-order valence-corrected chi connectivity index (χ4v) is 3.34. The monoisotopic (exact) mass is 349 g/mol. The van der Waals surface area contributed by atoms with Crippen LogP contribution in [-0.2, 0) is 17.1 Å². The van der Waals surface area contributed by atoms with E-state index >= 15 is 0 Å². The zero-order valence-electron chi connectivity index (χ0n) is 12.2. The van der Waals surface area contributed by atoms with E-state index in [4.69, 9.17) is 0 Å². The van der Waals surface area contributed by atoms with Crippen LogP contribution in [0.15, 0.2) is 30.4 Å². The number of fused-ring (bicyclic) bond motifs is 2. The predicted molar refractivity (Wildman–Crippen MR) is 73.9 cm³/mol. The van der Waals surface area contributed by atoms with E-state index in [0.29, 0.717) is 18.6 Å². The largest absolute Gasteiger partial charge is 0.416 e. The molecule has 130 valence electrons. The average molecular weight is 349 g/mol. The van der Waals surface area contributed by atoms with Crippen LogP contribution < -0.4 is 5.32 Å². The van der Waals surface area contributed by atoms with Gasteiger partial charge in [0.15, 0.2) is 0 Å². The van der Waals surface area contributed by atoms with Crippen LogP contribution in [0.25, 0.3) is 0 Å². The molecule has 1 saturated carbocycles. The Hall–Kier alpha value is -1.99. The van der Waals surface area contributed by atoms with Crippen molar-refractivity contribution >= 4 is 11.6 Å². The Morgan fingerprint density at radius 1 is 0.917 bits per heavy atom. The maximum atomic E-state index is 12.8. The predicted octanol–water partition coefficient (Wildman–Crippen LogP) is 4.87. The van der Waals surface area contributed by atoms with E-state index in [9.17, 15) is 31.1 Å². The summed E-state index contributed by atoms with van der Waals surface area (Å²) < 4.78 is 76.8. The minimum Gasteiger partial charge on any atom is -0.326 e. The normalized spacial score (nSPS) is 26.0. The van der Waals surface area contributed by atoms with Crippen molar-refractivity contribution in [1.29, 1.82) is 0 Å². The van der Waals surface area contributed by atoms with E-state index in [1.165, 1.54) is 0 Å². The van der Waals surface area contributed by atoms with Gasteiger partial charge in [0.1, 0.15) is 0 Å². The van der Waals surface area contributed by atoms with Gasteiger partial charge >= 0.3 is 12.4 Å². The third-order valence-electron chi connectivity index (χ3n) is 4.47. The Kier molecular flexibility index (Phi) is 3.88. The van der Waals surface area contributed by atoms with Crippen LogP contribution in [0.3, 0.4) is 0 Å². The molecule has 0 aliphatic heterocycles. The van der Waals surface area contributed by atoms with Gasteiger partial charge in [0.2, 0.25) is 5.91 Å². The number of hydrogen-bond acceptors (Lipinski definition) is 1. The number of benzene rings is 1. The van der Waals surface area contributed by atoms with E-state index in [0.717, 1.165) is 6.42 Å². The van der Waals surface area contributed by atoms with Crippen molar-refractivity contribution in [3.63, 3.8) is 0 Å². The Balaban J connectivity index is 1.87. The molecule has 0 aromatic heterocycles. The summed E-state index contributed by atoms with van der Waals surface area (Å²) in [6.07, 6.45) is -4.63. The Bertz CT molecular complexity index is 659. The Labute approximate surface area is 133 Å². The minimum atomic E-state index is -4.93. The number of amides is 1. The van der Waals surface area contributed by atoms with Gasteiger partial charge in [-0.2, -0.15) is 26.3 Å². The number of hydrogen-bond donors (Lipinski definition) is 1. The SMILES string of the molecule is O=C(Nc1cc(C(F)(F)F)cc(C(F)(F)F)c1)C1CC2C=CC1C2.